The lowest BCUT2D eigenvalue weighted by molar-refractivity contribution is 0.0951. The van der Waals surface area contributed by atoms with Gasteiger partial charge in [-0.15, -0.1) is 5.10 Å². The van der Waals surface area contributed by atoms with Crippen molar-refractivity contribution in [2.75, 3.05) is 31.6 Å². The molecule has 1 aliphatic heterocycles. The number of nitrogens with one attached hydrogen (secondary N) is 2. The van der Waals surface area contributed by atoms with Gasteiger partial charge in [0.25, 0.3) is 5.91 Å². The van der Waals surface area contributed by atoms with Gasteiger partial charge in [0.15, 0.2) is 5.69 Å². The Morgan fingerprint density at radius 3 is 3.11 bits per heavy atom. The van der Waals surface area contributed by atoms with Crippen molar-refractivity contribution in [1.82, 2.24) is 25.6 Å². The van der Waals surface area contributed by atoms with Crippen LogP contribution < -0.4 is 10.6 Å². The lowest BCUT2D eigenvalue weighted by Crippen LogP contribution is -2.29. The van der Waals surface area contributed by atoms with Gasteiger partial charge in [0.2, 0.25) is 0 Å². The summed E-state index contributed by atoms with van der Waals surface area (Å²) in [4.78, 5) is 11.8. The van der Waals surface area contributed by atoms with Crippen LogP contribution in [0.15, 0.2) is 6.20 Å². The van der Waals surface area contributed by atoms with E-state index >= 15 is 0 Å². The van der Waals surface area contributed by atoms with Gasteiger partial charge >= 0.3 is 0 Å². The summed E-state index contributed by atoms with van der Waals surface area (Å²) < 4.78 is 1.82. The number of carbonyl (C=O) groups is 1. The molecule has 0 saturated carbocycles. The molecule has 2 N–H and O–H groups in total. The molecule has 1 amide bonds. The van der Waals surface area contributed by atoms with Crippen LogP contribution >= 0.6 is 11.8 Å². The number of amides is 1. The van der Waals surface area contributed by atoms with E-state index in [1.54, 1.807) is 18.0 Å². The highest BCUT2D eigenvalue weighted by Crippen LogP contribution is 2.16. The maximum Gasteiger partial charge on any atom is 0.273 e. The van der Waals surface area contributed by atoms with E-state index < -0.39 is 0 Å². The molecule has 0 aromatic carbocycles. The number of thioether (sulfide) groups is 1. The van der Waals surface area contributed by atoms with Crippen LogP contribution in [0, 0.1) is 0 Å². The van der Waals surface area contributed by atoms with E-state index in [-0.39, 0.29) is 5.91 Å². The maximum atomic E-state index is 11.8. The number of aromatic nitrogens is 3. The van der Waals surface area contributed by atoms with E-state index in [2.05, 4.69) is 20.9 Å². The molecule has 1 saturated heterocycles. The predicted octanol–water partition coefficient (Wildman–Crippen LogP) is 0.295. The number of hydrogen-bond donors (Lipinski definition) is 2. The van der Waals surface area contributed by atoms with Crippen molar-refractivity contribution in [1.29, 1.82) is 0 Å². The van der Waals surface area contributed by atoms with E-state index in [1.165, 1.54) is 0 Å². The second-order valence-electron chi connectivity index (χ2n) is 4.31. The molecule has 0 atom stereocenters. The second kappa shape index (κ2) is 6.75. The maximum absolute atomic E-state index is 11.8. The van der Waals surface area contributed by atoms with Gasteiger partial charge in [-0.2, -0.15) is 11.8 Å². The molecule has 0 aliphatic carbocycles. The minimum atomic E-state index is -0.135. The summed E-state index contributed by atoms with van der Waals surface area (Å²) in [5.41, 5.74) is 0.412. The van der Waals surface area contributed by atoms with Crippen molar-refractivity contribution in [3.8, 4) is 0 Å². The highest BCUT2D eigenvalue weighted by atomic mass is 32.2. The van der Waals surface area contributed by atoms with E-state index in [1.807, 2.05) is 10.9 Å². The second-order valence-corrected chi connectivity index (χ2v) is 5.30. The zero-order valence-corrected chi connectivity index (χ0v) is 11.4. The summed E-state index contributed by atoms with van der Waals surface area (Å²) in [6.45, 7) is 2.67. The fourth-order valence-corrected chi connectivity index (χ4v) is 2.29. The molecule has 100 valence electrons. The van der Waals surface area contributed by atoms with Gasteiger partial charge in [-0.1, -0.05) is 5.21 Å². The molecule has 7 heteroatoms. The van der Waals surface area contributed by atoms with Gasteiger partial charge in [-0.25, -0.2) is 4.68 Å². The molecule has 1 fully saturated rings. The number of rotatable bonds is 5. The molecule has 2 rings (SSSR count). The first-order valence-electron chi connectivity index (χ1n) is 6.21. The summed E-state index contributed by atoms with van der Waals surface area (Å²) in [5.74, 6) is 0.776. The Bertz CT molecular complexity index is 389. The van der Waals surface area contributed by atoms with E-state index in [0.717, 1.165) is 31.7 Å². The highest BCUT2D eigenvalue weighted by molar-refractivity contribution is 7.98. The third kappa shape index (κ3) is 3.46. The van der Waals surface area contributed by atoms with Crippen molar-refractivity contribution in [2.45, 2.75) is 18.9 Å². The van der Waals surface area contributed by atoms with E-state index in [4.69, 9.17) is 0 Å². The van der Waals surface area contributed by atoms with Crippen molar-refractivity contribution >= 4 is 17.7 Å². The zero-order chi connectivity index (χ0) is 12.8. The van der Waals surface area contributed by atoms with Gasteiger partial charge in [0.05, 0.1) is 12.2 Å². The Hall–Kier alpha value is -1.08. The molecule has 18 heavy (non-hydrogen) atoms. The van der Waals surface area contributed by atoms with Crippen molar-refractivity contribution in [3.05, 3.63) is 11.9 Å². The van der Waals surface area contributed by atoms with E-state index in [0.29, 0.717) is 18.3 Å². The third-order valence-electron chi connectivity index (χ3n) is 3.02. The molecule has 1 aliphatic rings. The van der Waals surface area contributed by atoms with Crippen molar-refractivity contribution in [3.63, 3.8) is 0 Å². The summed E-state index contributed by atoms with van der Waals surface area (Å²) >= 11 is 1.70. The van der Waals surface area contributed by atoms with Crippen LogP contribution in [0.1, 0.15) is 29.4 Å². The Morgan fingerprint density at radius 2 is 2.39 bits per heavy atom. The Morgan fingerprint density at radius 1 is 1.61 bits per heavy atom. The van der Waals surface area contributed by atoms with Gasteiger partial charge < -0.3 is 10.6 Å². The molecular formula is C11H19N5OS. The summed E-state index contributed by atoms with van der Waals surface area (Å²) in [6.07, 6.45) is 5.84. The van der Waals surface area contributed by atoms with Gasteiger partial charge in [-0.3, -0.25) is 4.79 Å². The molecule has 6 nitrogen and oxygen atoms in total. The van der Waals surface area contributed by atoms with Gasteiger partial charge in [0, 0.05) is 12.3 Å². The molecule has 1 aromatic heterocycles. The number of nitrogens with zero attached hydrogens (tertiary/aromatic N) is 3. The van der Waals surface area contributed by atoms with Crippen molar-refractivity contribution < 1.29 is 4.79 Å². The average molecular weight is 269 g/mol. The first kappa shape index (κ1) is 13.4. The molecule has 1 aromatic rings. The quantitative estimate of drug-likeness (QED) is 0.752. The predicted molar refractivity (Wildman–Crippen MR) is 71.9 cm³/mol. The minimum Gasteiger partial charge on any atom is -0.350 e. The SMILES string of the molecule is CSCCNC(=O)c1cn(C2CCNCC2)nn1. The van der Waals surface area contributed by atoms with Crippen LogP contribution in [-0.4, -0.2) is 52.5 Å². The first-order valence-corrected chi connectivity index (χ1v) is 7.60. The Kier molecular flexibility index (Phi) is 5.00. The van der Waals surface area contributed by atoms with Crippen LogP contribution in [-0.2, 0) is 0 Å². The standard InChI is InChI=1S/C11H19N5OS/c1-18-7-6-13-11(17)10-8-16(15-14-10)9-2-4-12-5-3-9/h8-9,12H,2-7H2,1H3,(H,13,17). The number of piperidine rings is 1. The average Bonchev–Trinajstić information content (AvgIpc) is 2.89. The molecule has 0 spiro atoms. The summed E-state index contributed by atoms with van der Waals surface area (Å²) in [6, 6.07) is 0.367. The van der Waals surface area contributed by atoms with Gasteiger partial charge in [-0.05, 0) is 32.2 Å². The van der Waals surface area contributed by atoms with Crippen LogP contribution in [0.25, 0.3) is 0 Å². The summed E-state index contributed by atoms with van der Waals surface area (Å²) in [7, 11) is 0. The zero-order valence-electron chi connectivity index (χ0n) is 10.6. The summed E-state index contributed by atoms with van der Waals surface area (Å²) in [5, 5.41) is 14.1. The van der Waals surface area contributed by atoms with Crippen LogP contribution in [0.5, 0.6) is 0 Å². The molecule has 0 unspecified atom stereocenters. The lowest BCUT2D eigenvalue weighted by atomic mass is 10.1. The Labute approximate surface area is 111 Å². The fraction of sp³-hybridized carbons (Fsp3) is 0.727. The third-order valence-corrected chi connectivity index (χ3v) is 3.63. The number of carbonyl (C=O) groups excluding carboxylic acids is 1. The molecule has 0 radical (unpaired) electrons. The first-order chi connectivity index (χ1) is 8.81. The fourth-order valence-electron chi connectivity index (χ4n) is 1.99. The lowest BCUT2D eigenvalue weighted by Gasteiger charge is -2.22. The van der Waals surface area contributed by atoms with Gasteiger partial charge in [0.1, 0.15) is 0 Å². The minimum absolute atomic E-state index is 0.135. The normalized spacial score (nSPS) is 16.7. The number of hydrogen-bond acceptors (Lipinski definition) is 5. The van der Waals surface area contributed by atoms with Crippen LogP contribution in [0.2, 0.25) is 0 Å². The topological polar surface area (TPSA) is 71.8 Å². The van der Waals surface area contributed by atoms with Crippen LogP contribution in [0.4, 0.5) is 0 Å². The van der Waals surface area contributed by atoms with Crippen LogP contribution in [0.3, 0.4) is 0 Å². The monoisotopic (exact) mass is 269 g/mol. The molecule has 0 bridgehead atoms. The van der Waals surface area contributed by atoms with E-state index in [9.17, 15) is 4.79 Å². The molecule has 2 heterocycles. The van der Waals surface area contributed by atoms with Crippen molar-refractivity contribution in [2.24, 2.45) is 0 Å². The molecular weight excluding hydrogens is 250 g/mol. The Balaban J connectivity index is 1.90. The smallest absolute Gasteiger partial charge is 0.273 e. The largest absolute Gasteiger partial charge is 0.350 e. The highest BCUT2D eigenvalue weighted by Gasteiger charge is 2.18.